The van der Waals surface area contributed by atoms with Crippen LogP contribution in [0.1, 0.15) is 30.4 Å². The highest BCUT2D eigenvalue weighted by atomic mass is 16.5. The van der Waals surface area contributed by atoms with Crippen LogP contribution in [0.3, 0.4) is 0 Å². The average molecular weight is 284 g/mol. The molecule has 2 rings (SSSR count). The van der Waals surface area contributed by atoms with Gasteiger partial charge in [-0.05, 0) is 18.1 Å². The van der Waals surface area contributed by atoms with Crippen molar-refractivity contribution < 1.29 is 14.6 Å². The first kappa shape index (κ1) is 15.3. The predicted octanol–water partition coefficient (Wildman–Crippen LogP) is 3.13. The van der Waals surface area contributed by atoms with Gasteiger partial charge in [0.05, 0.1) is 19.1 Å². The molecule has 0 bridgehead atoms. The Morgan fingerprint density at radius 2 is 1.48 bits per heavy atom. The lowest BCUT2D eigenvalue weighted by molar-refractivity contribution is -0.145. The van der Waals surface area contributed by atoms with Gasteiger partial charge in [-0.1, -0.05) is 60.7 Å². The number of hydrogen-bond acceptors (Lipinski definition) is 3. The van der Waals surface area contributed by atoms with Gasteiger partial charge in [0, 0.05) is 5.92 Å². The summed E-state index contributed by atoms with van der Waals surface area (Å²) in [4.78, 5) is 11.6. The number of ether oxygens (including phenoxy) is 1. The Balaban J connectivity index is 2.26. The average Bonchev–Trinajstić information content (AvgIpc) is 2.50. The van der Waals surface area contributed by atoms with E-state index < -0.39 is 6.10 Å². The van der Waals surface area contributed by atoms with Crippen LogP contribution in [-0.4, -0.2) is 23.8 Å². The number of rotatable bonds is 6. The number of esters is 1. The minimum Gasteiger partial charge on any atom is -0.466 e. The van der Waals surface area contributed by atoms with Crippen LogP contribution in [-0.2, 0) is 9.53 Å². The quantitative estimate of drug-likeness (QED) is 0.829. The van der Waals surface area contributed by atoms with E-state index in [4.69, 9.17) is 4.74 Å². The van der Waals surface area contributed by atoms with E-state index in [9.17, 15) is 9.90 Å². The number of carbonyl (C=O) groups is 1. The zero-order chi connectivity index (χ0) is 15.1. The van der Waals surface area contributed by atoms with Crippen molar-refractivity contribution in [3.05, 3.63) is 71.8 Å². The van der Waals surface area contributed by atoms with Gasteiger partial charge in [-0.25, -0.2) is 0 Å². The van der Waals surface area contributed by atoms with Crippen LogP contribution in [0.5, 0.6) is 0 Å². The molecule has 0 fully saturated rings. The lowest BCUT2D eigenvalue weighted by Crippen LogP contribution is -2.24. The van der Waals surface area contributed by atoms with Crippen LogP contribution in [0, 0.1) is 0 Å². The minimum absolute atomic E-state index is 0.0116. The summed E-state index contributed by atoms with van der Waals surface area (Å²) in [5.41, 5.74) is 1.97. The van der Waals surface area contributed by atoms with Crippen LogP contribution >= 0.6 is 0 Å². The first-order valence-electron chi connectivity index (χ1n) is 7.16. The SMILES string of the molecule is CCOC(=O)CC(O)C(c1ccccc1)c1ccccc1. The van der Waals surface area contributed by atoms with Gasteiger partial charge < -0.3 is 9.84 Å². The maximum atomic E-state index is 11.6. The number of aliphatic hydroxyl groups is 1. The lowest BCUT2D eigenvalue weighted by atomic mass is 9.85. The van der Waals surface area contributed by atoms with E-state index in [1.54, 1.807) is 6.92 Å². The van der Waals surface area contributed by atoms with E-state index >= 15 is 0 Å². The van der Waals surface area contributed by atoms with Gasteiger partial charge in [-0.3, -0.25) is 4.79 Å². The van der Waals surface area contributed by atoms with Gasteiger partial charge in [0.1, 0.15) is 0 Å². The van der Waals surface area contributed by atoms with E-state index in [0.29, 0.717) is 6.61 Å². The van der Waals surface area contributed by atoms with Crippen molar-refractivity contribution >= 4 is 5.97 Å². The van der Waals surface area contributed by atoms with Crippen molar-refractivity contribution in [1.29, 1.82) is 0 Å². The van der Waals surface area contributed by atoms with Crippen LogP contribution in [0.4, 0.5) is 0 Å². The van der Waals surface area contributed by atoms with Crippen molar-refractivity contribution in [2.75, 3.05) is 6.61 Å². The molecule has 0 aliphatic heterocycles. The van der Waals surface area contributed by atoms with Gasteiger partial charge >= 0.3 is 5.97 Å². The van der Waals surface area contributed by atoms with Crippen LogP contribution in [0.25, 0.3) is 0 Å². The van der Waals surface area contributed by atoms with Gasteiger partial charge in [0.15, 0.2) is 0 Å². The van der Waals surface area contributed by atoms with Gasteiger partial charge in [0.2, 0.25) is 0 Å². The third kappa shape index (κ3) is 4.17. The molecule has 3 heteroatoms. The molecule has 0 saturated carbocycles. The Morgan fingerprint density at radius 1 is 1.00 bits per heavy atom. The molecule has 21 heavy (non-hydrogen) atoms. The summed E-state index contributed by atoms with van der Waals surface area (Å²) < 4.78 is 4.94. The van der Waals surface area contributed by atoms with Crippen LogP contribution in [0.15, 0.2) is 60.7 Å². The second-order valence-corrected chi connectivity index (χ2v) is 4.88. The van der Waals surface area contributed by atoms with Crippen LogP contribution < -0.4 is 0 Å². The Kier molecular flexibility index (Phi) is 5.52. The van der Waals surface area contributed by atoms with Crippen molar-refractivity contribution in [3.8, 4) is 0 Å². The molecule has 110 valence electrons. The summed E-state index contributed by atoms with van der Waals surface area (Å²) in [6.45, 7) is 2.09. The minimum atomic E-state index is -0.811. The van der Waals surface area contributed by atoms with Crippen molar-refractivity contribution in [2.45, 2.75) is 25.4 Å². The first-order chi connectivity index (χ1) is 10.2. The Labute approximate surface area is 125 Å². The standard InChI is InChI=1S/C18H20O3/c1-2-21-17(20)13-16(19)18(14-9-5-3-6-10-14)15-11-7-4-8-12-15/h3-12,16,18-19H,2,13H2,1H3. The van der Waals surface area contributed by atoms with Crippen molar-refractivity contribution in [2.24, 2.45) is 0 Å². The van der Waals surface area contributed by atoms with Crippen molar-refractivity contribution in [1.82, 2.24) is 0 Å². The number of aliphatic hydroxyl groups excluding tert-OH is 1. The molecule has 0 spiro atoms. The highest BCUT2D eigenvalue weighted by molar-refractivity contribution is 5.70. The fraction of sp³-hybridized carbons (Fsp3) is 0.278. The second kappa shape index (κ2) is 7.60. The summed E-state index contributed by atoms with van der Waals surface area (Å²) in [5, 5.41) is 10.5. The zero-order valence-electron chi connectivity index (χ0n) is 12.1. The molecular weight excluding hydrogens is 264 g/mol. The highest BCUT2D eigenvalue weighted by Crippen LogP contribution is 2.29. The third-order valence-corrected chi connectivity index (χ3v) is 3.38. The first-order valence-corrected chi connectivity index (χ1v) is 7.16. The monoisotopic (exact) mass is 284 g/mol. The van der Waals surface area contributed by atoms with Gasteiger partial charge in [-0.2, -0.15) is 0 Å². The van der Waals surface area contributed by atoms with Crippen LogP contribution in [0.2, 0.25) is 0 Å². The Hall–Kier alpha value is -2.13. The molecular formula is C18H20O3. The molecule has 3 nitrogen and oxygen atoms in total. The zero-order valence-corrected chi connectivity index (χ0v) is 12.1. The molecule has 2 aromatic carbocycles. The van der Waals surface area contributed by atoms with Crippen molar-refractivity contribution in [3.63, 3.8) is 0 Å². The lowest BCUT2D eigenvalue weighted by Gasteiger charge is -2.23. The fourth-order valence-electron chi connectivity index (χ4n) is 2.47. The number of hydrogen-bond donors (Lipinski definition) is 1. The van der Waals surface area contributed by atoms with Gasteiger partial charge in [0.25, 0.3) is 0 Å². The molecule has 1 unspecified atom stereocenters. The Morgan fingerprint density at radius 3 is 1.90 bits per heavy atom. The smallest absolute Gasteiger partial charge is 0.308 e. The molecule has 0 radical (unpaired) electrons. The normalized spacial score (nSPS) is 12.1. The molecule has 2 aromatic rings. The topological polar surface area (TPSA) is 46.5 Å². The molecule has 0 aliphatic carbocycles. The van der Waals surface area contributed by atoms with Gasteiger partial charge in [-0.15, -0.1) is 0 Å². The fourth-order valence-corrected chi connectivity index (χ4v) is 2.47. The summed E-state index contributed by atoms with van der Waals surface area (Å²) in [6.07, 6.45) is -0.823. The van der Waals surface area contributed by atoms with E-state index in [2.05, 4.69) is 0 Å². The second-order valence-electron chi connectivity index (χ2n) is 4.88. The highest BCUT2D eigenvalue weighted by Gasteiger charge is 2.25. The molecule has 0 aliphatic rings. The van der Waals surface area contributed by atoms with E-state index in [0.717, 1.165) is 11.1 Å². The molecule has 1 N–H and O–H groups in total. The Bertz CT molecular complexity index is 512. The van der Waals surface area contributed by atoms with E-state index in [-0.39, 0.29) is 18.3 Å². The molecule has 0 aromatic heterocycles. The summed E-state index contributed by atoms with van der Waals surface area (Å²) in [7, 11) is 0. The van der Waals surface area contributed by atoms with E-state index in [1.165, 1.54) is 0 Å². The molecule has 0 saturated heterocycles. The summed E-state index contributed by atoms with van der Waals surface area (Å²) in [6, 6.07) is 19.5. The van der Waals surface area contributed by atoms with E-state index in [1.807, 2.05) is 60.7 Å². The number of carbonyl (C=O) groups excluding carboxylic acids is 1. The summed E-state index contributed by atoms with van der Waals surface area (Å²) >= 11 is 0. The molecule has 1 atom stereocenters. The molecule has 0 amide bonds. The summed E-state index contributed by atoms with van der Waals surface area (Å²) in [5.74, 6) is -0.612. The maximum absolute atomic E-state index is 11.6. The largest absolute Gasteiger partial charge is 0.466 e. The predicted molar refractivity (Wildman–Crippen MR) is 82.0 cm³/mol. The molecule has 0 heterocycles. The maximum Gasteiger partial charge on any atom is 0.308 e. The third-order valence-electron chi connectivity index (χ3n) is 3.38. The number of benzene rings is 2.